The molecule has 114 valence electrons. The highest BCUT2D eigenvalue weighted by atomic mass is 19.1. The van der Waals surface area contributed by atoms with Crippen molar-refractivity contribution in [2.45, 2.75) is 58.0 Å². The van der Waals surface area contributed by atoms with Crippen molar-refractivity contribution >= 4 is 11.6 Å². The maximum absolute atomic E-state index is 15.0. The predicted molar refractivity (Wildman–Crippen MR) is 77.4 cm³/mol. The highest BCUT2D eigenvalue weighted by molar-refractivity contribution is 5.91. The summed E-state index contributed by atoms with van der Waals surface area (Å²) in [6, 6.07) is 0. The number of carbonyl (C=O) groups is 2. The van der Waals surface area contributed by atoms with Crippen LogP contribution in [0.3, 0.4) is 0 Å². The van der Waals surface area contributed by atoms with Crippen LogP contribution in [0.2, 0.25) is 0 Å². The van der Waals surface area contributed by atoms with Gasteiger partial charge in [-0.25, -0.2) is 4.39 Å². The zero-order valence-corrected chi connectivity index (χ0v) is 12.6. The number of rotatable bonds is 0. The first-order valence-corrected chi connectivity index (χ1v) is 8.41. The third kappa shape index (κ3) is 1.82. The maximum Gasteiger partial charge on any atom is 0.155 e. The minimum atomic E-state index is -0.875. The van der Waals surface area contributed by atoms with Crippen LogP contribution in [0.5, 0.6) is 0 Å². The number of carbonyl (C=O) groups excluding carboxylic acids is 2. The van der Waals surface area contributed by atoms with Gasteiger partial charge in [-0.3, -0.25) is 9.59 Å². The standard InChI is InChI=1S/C18H23FO2/c1-18-9-15(19)17-12-5-3-11(20)8-10(12)2-4-13(17)14(18)6-7-16(18)21/h8,12-15,17H,2-7,9H2,1H3/t12-,13-,14-,15?,17+,18-/m0/s1. The lowest BCUT2D eigenvalue weighted by Crippen LogP contribution is -2.51. The fraction of sp³-hybridized carbons (Fsp3) is 0.778. The molecule has 4 aliphatic carbocycles. The predicted octanol–water partition coefficient (Wildman–Crippen LogP) is 3.65. The highest BCUT2D eigenvalue weighted by Gasteiger charge is 2.59. The number of hydrogen-bond acceptors (Lipinski definition) is 2. The summed E-state index contributed by atoms with van der Waals surface area (Å²) >= 11 is 0. The van der Waals surface area contributed by atoms with E-state index in [1.807, 2.05) is 6.92 Å². The SMILES string of the molecule is C[C@]12CC(F)[C@H]3[C@@H](CCC4=CC(=O)CC[C@@H]43)[C@@H]1CCC2=O. The topological polar surface area (TPSA) is 34.1 Å². The van der Waals surface area contributed by atoms with Gasteiger partial charge in [0.25, 0.3) is 0 Å². The van der Waals surface area contributed by atoms with E-state index >= 15 is 0 Å². The summed E-state index contributed by atoms with van der Waals surface area (Å²) in [6.45, 7) is 2.01. The molecule has 0 aliphatic heterocycles. The summed E-state index contributed by atoms with van der Waals surface area (Å²) in [6.07, 6.45) is 6.23. The molecule has 0 bridgehead atoms. The maximum atomic E-state index is 15.0. The van der Waals surface area contributed by atoms with Gasteiger partial charge in [0.05, 0.1) is 0 Å². The van der Waals surface area contributed by atoms with Crippen LogP contribution in [0, 0.1) is 29.1 Å². The van der Waals surface area contributed by atoms with Gasteiger partial charge in [-0.05, 0) is 61.9 Å². The summed E-state index contributed by atoms with van der Waals surface area (Å²) in [5, 5.41) is 0. The molecule has 3 heteroatoms. The number of allylic oxidation sites excluding steroid dienone is 1. The molecule has 0 saturated heterocycles. The Balaban J connectivity index is 1.70. The van der Waals surface area contributed by atoms with Gasteiger partial charge in [0.15, 0.2) is 5.78 Å². The molecule has 0 radical (unpaired) electrons. The number of ketones is 2. The number of halogens is 1. The lowest BCUT2D eigenvalue weighted by atomic mass is 9.51. The fourth-order valence-electron chi connectivity index (χ4n) is 5.97. The monoisotopic (exact) mass is 290 g/mol. The van der Waals surface area contributed by atoms with Crippen molar-refractivity contribution in [2.24, 2.45) is 29.1 Å². The van der Waals surface area contributed by atoms with E-state index < -0.39 is 11.6 Å². The zero-order chi connectivity index (χ0) is 14.8. The van der Waals surface area contributed by atoms with Crippen molar-refractivity contribution < 1.29 is 14.0 Å². The van der Waals surface area contributed by atoms with E-state index in [2.05, 4.69) is 0 Å². The molecule has 3 fully saturated rings. The molecular formula is C18H23FO2. The molecule has 6 atom stereocenters. The van der Waals surface area contributed by atoms with Crippen molar-refractivity contribution in [3.63, 3.8) is 0 Å². The van der Waals surface area contributed by atoms with Gasteiger partial charge in [0, 0.05) is 18.3 Å². The first-order valence-electron chi connectivity index (χ1n) is 8.41. The summed E-state index contributed by atoms with van der Waals surface area (Å²) in [5.41, 5.74) is 0.787. The van der Waals surface area contributed by atoms with E-state index in [9.17, 15) is 14.0 Å². The highest BCUT2D eigenvalue weighted by Crippen LogP contribution is 2.61. The number of hydrogen-bond donors (Lipinski definition) is 0. The van der Waals surface area contributed by atoms with Crippen molar-refractivity contribution in [3.05, 3.63) is 11.6 Å². The molecule has 0 N–H and O–H groups in total. The van der Waals surface area contributed by atoms with Crippen LogP contribution in [-0.4, -0.2) is 17.7 Å². The molecule has 0 aromatic heterocycles. The van der Waals surface area contributed by atoms with Crippen molar-refractivity contribution in [2.75, 3.05) is 0 Å². The van der Waals surface area contributed by atoms with Crippen LogP contribution in [-0.2, 0) is 9.59 Å². The Morgan fingerprint density at radius 3 is 2.76 bits per heavy atom. The van der Waals surface area contributed by atoms with E-state index in [4.69, 9.17) is 0 Å². The van der Waals surface area contributed by atoms with Gasteiger partial charge >= 0.3 is 0 Å². The summed E-state index contributed by atoms with van der Waals surface area (Å²) in [4.78, 5) is 23.9. The van der Waals surface area contributed by atoms with E-state index in [1.165, 1.54) is 5.57 Å². The molecular weight excluding hydrogens is 267 g/mol. The van der Waals surface area contributed by atoms with Crippen molar-refractivity contribution in [1.82, 2.24) is 0 Å². The smallest absolute Gasteiger partial charge is 0.155 e. The Kier molecular flexibility index (Phi) is 2.93. The Hall–Kier alpha value is -0.990. The van der Waals surface area contributed by atoms with E-state index in [0.29, 0.717) is 31.1 Å². The average Bonchev–Trinajstić information content (AvgIpc) is 2.74. The molecule has 4 aliphatic rings. The molecule has 21 heavy (non-hydrogen) atoms. The molecule has 0 amide bonds. The van der Waals surface area contributed by atoms with E-state index in [0.717, 1.165) is 25.7 Å². The molecule has 1 unspecified atom stereocenters. The van der Waals surface area contributed by atoms with E-state index in [-0.39, 0.29) is 23.4 Å². The third-order valence-corrected chi connectivity index (χ3v) is 6.94. The molecule has 0 aromatic carbocycles. The van der Waals surface area contributed by atoms with Crippen molar-refractivity contribution in [1.29, 1.82) is 0 Å². The van der Waals surface area contributed by atoms with Gasteiger partial charge in [-0.1, -0.05) is 12.5 Å². The lowest BCUT2D eigenvalue weighted by Gasteiger charge is -2.53. The van der Waals surface area contributed by atoms with E-state index in [1.54, 1.807) is 6.08 Å². The fourth-order valence-corrected chi connectivity index (χ4v) is 5.97. The first-order chi connectivity index (χ1) is 10.0. The zero-order valence-electron chi connectivity index (χ0n) is 12.6. The van der Waals surface area contributed by atoms with Gasteiger partial charge in [-0.2, -0.15) is 0 Å². The summed E-state index contributed by atoms with van der Waals surface area (Å²) in [7, 11) is 0. The summed E-state index contributed by atoms with van der Waals surface area (Å²) < 4.78 is 15.0. The number of alkyl halides is 1. The molecule has 4 rings (SSSR count). The third-order valence-electron chi connectivity index (χ3n) is 6.94. The Bertz CT molecular complexity index is 537. The second-order valence-electron chi connectivity index (χ2n) is 7.82. The number of Topliss-reactive ketones (excluding diaryl/α,β-unsaturated/α-hetero) is 1. The van der Waals surface area contributed by atoms with Crippen LogP contribution >= 0.6 is 0 Å². The summed E-state index contributed by atoms with van der Waals surface area (Å²) in [5.74, 6) is 1.54. The van der Waals surface area contributed by atoms with Crippen molar-refractivity contribution in [3.8, 4) is 0 Å². The molecule has 2 nitrogen and oxygen atoms in total. The van der Waals surface area contributed by atoms with Crippen LogP contribution in [0.1, 0.15) is 51.9 Å². The second kappa shape index (κ2) is 4.50. The minimum absolute atomic E-state index is 0.0575. The quantitative estimate of drug-likeness (QED) is 0.682. The largest absolute Gasteiger partial charge is 0.299 e. The molecule has 0 spiro atoms. The van der Waals surface area contributed by atoms with Gasteiger partial charge in [-0.15, -0.1) is 0 Å². The molecule has 3 saturated carbocycles. The van der Waals surface area contributed by atoms with Crippen LogP contribution in [0.4, 0.5) is 4.39 Å². The van der Waals surface area contributed by atoms with Crippen LogP contribution in [0.25, 0.3) is 0 Å². The Morgan fingerprint density at radius 1 is 1.14 bits per heavy atom. The second-order valence-corrected chi connectivity index (χ2v) is 7.82. The lowest BCUT2D eigenvalue weighted by molar-refractivity contribution is -0.135. The van der Waals surface area contributed by atoms with Crippen LogP contribution < -0.4 is 0 Å². The Labute approximate surface area is 125 Å². The normalized spacial score (nSPS) is 49.2. The molecule has 0 heterocycles. The average molecular weight is 290 g/mol. The van der Waals surface area contributed by atoms with Gasteiger partial charge in [0.2, 0.25) is 0 Å². The molecule has 0 aromatic rings. The van der Waals surface area contributed by atoms with Gasteiger partial charge < -0.3 is 0 Å². The van der Waals surface area contributed by atoms with Gasteiger partial charge in [0.1, 0.15) is 12.0 Å². The first kappa shape index (κ1) is 13.7. The minimum Gasteiger partial charge on any atom is -0.299 e. The van der Waals surface area contributed by atoms with Crippen LogP contribution in [0.15, 0.2) is 11.6 Å². The Morgan fingerprint density at radius 2 is 1.95 bits per heavy atom. The number of fused-ring (bicyclic) bond motifs is 5.